The van der Waals surface area contributed by atoms with Crippen molar-refractivity contribution >= 4 is 5.69 Å². The molecule has 2 rings (SSSR count). The van der Waals surface area contributed by atoms with Crippen LogP contribution in [0.5, 0.6) is 0 Å². The van der Waals surface area contributed by atoms with Gasteiger partial charge in [0.2, 0.25) is 0 Å². The molecule has 0 saturated carbocycles. The van der Waals surface area contributed by atoms with Gasteiger partial charge >= 0.3 is 0 Å². The molecule has 0 bridgehead atoms. The molecular weight excluding hydrogens is 212 g/mol. The van der Waals surface area contributed by atoms with Gasteiger partial charge in [0.1, 0.15) is 11.8 Å². The van der Waals surface area contributed by atoms with E-state index in [1.807, 2.05) is 12.1 Å². The number of hydrogen-bond donors (Lipinski definition) is 0. The molecule has 0 spiro atoms. The smallest absolute Gasteiger partial charge is 0.142 e. The van der Waals surface area contributed by atoms with E-state index in [0.29, 0.717) is 11.7 Å². The average Bonchev–Trinajstić information content (AvgIpc) is 2.39. The molecule has 4 nitrogen and oxygen atoms in total. The van der Waals surface area contributed by atoms with Crippen LogP contribution in [0.3, 0.4) is 0 Å². The first-order valence-corrected chi connectivity index (χ1v) is 6.06. The zero-order valence-electron chi connectivity index (χ0n) is 10.4. The van der Waals surface area contributed by atoms with Crippen molar-refractivity contribution in [2.75, 3.05) is 31.1 Å². The molecule has 0 radical (unpaired) electrons. The molecule has 1 aliphatic heterocycles. The van der Waals surface area contributed by atoms with Crippen molar-refractivity contribution in [3.63, 3.8) is 0 Å². The normalized spacial score (nSPS) is 17.2. The third kappa shape index (κ3) is 2.75. The number of piperazine rings is 1. The molecule has 1 aromatic rings. The summed E-state index contributed by atoms with van der Waals surface area (Å²) in [6, 6.07) is 6.54. The lowest BCUT2D eigenvalue weighted by atomic mass is 10.2. The maximum Gasteiger partial charge on any atom is 0.142 e. The first kappa shape index (κ1) is 11.9. The SMILES string of the molecule is CC(C)N1CCN(c2ccnc(C#N)c2)CC1. The van der Waals surface area contributed by atoms with Gasteiger partial charge in [-0.3, -0.25) is 4.90 Å². The molecule has 2 heterocycles. The second-order valence-corrected chi connectivity index (χ2v) is 4.63. The second kappa shape index (κ2) is 5.15. The second-order valence-electron chi connectivity index (χ2n) is 4.63. The van der Waals surface area contributed by atoms with E-state index in [2.05, 4.69) is 34.7 Å². The van der Waals surface area contributed by atoms with Gasteiger partial charge in [0.05, 0.1) is 0 Å². The van der Waals surface area contributed by atoms with E-state index in [1.165, 1.54) is 0 Å². The molecule has 0 aromatic carbocycles. The van der Waals surface area contributed by atoms with Gasteiger partial charge < -0.3 is 4.90 Å². The van der Waals surface area contributed by atoms with Gasteiger partial charge in [-0.25, -0.2) is 4.98 Å². The summed E-state index contributed by atoms with van der Waals surface area (Å²) in [5.74, 6) is 0. The molecule has 90 valence electrons. The van der Waals surface area contributed by atoms with Crippen molar-refractivity contribution in [2.24, 2.45) is 0 Å². The number of anilines is 1. The van der Waals surface area contributed by atoms with Crippen molar-refractivity contribution in [1.29, 1.82) is 5.26 Å². The Kier molecular flexibility index (Phi) is 3.60. The summed E-state index contributed by atoms with van der Waals surface area (Å²) in [5, 5.41) is 8.84. The van der Waals surface area contributed by atoms with E-state index in [0.717, 1.165) is 31.9 Å². The van der Waals surface area contributed by atoms with Crippen LogP contribution in [0, 0.1) is 11.3 Å². The van der Waals surface area contributed by atoms with E-state index >= 15 is 0 Å². The van der Waals surface area contributed by atoms with Gasteiger partial charge in [-0.15, -0.1) is 0 Å². The van der Waals surface area contributed by atoms with Crippen molar-refractivity contribution < 1.29 is 0 Å². The standard InChI is InChI=1S/C13H18N4/c1-11(2)16-5-7-17(8-6-16)13-3-4-15-12(9-13)10-14/h3-4,9,11H,5-8H2,1-2H3. The van der Waals surface area contributed by atoms with Crippen LogP contribution in [-0.2, 0) is 0 Å². The van der Waals surface area contributed by atoms with Crippen LogP contribution in [-0.4, -0.2) is 42.1 Å². The Balaban J connectivity index is 2.03. The molecular formula is C13H18N4. The summed E-state index contributed by atoms with van der Waals surface area (Å²) in [6.07, 6.45) is 1.71. The third-order valence-corrected chi connectivity index (χ3v) is 3.27. The van der Waals surface area contributed by atoms with Gasteiger partial charge in [0.15, 0.2) is 0 Å². The average molecular weight is 230 g/mol. The lowest BCUT2D eigenvalue weighted by molar-refractivity contribution is 0.209. The Bertz CT molecular complexity index is 414. The van der Waals surface area contributed by atoms with Crippen LogP contribution in [0.15, 0.2) is 18.3 Å². The van der Waals surface area contributed by atoms with Crippen molar-refractivity contribution in [3.8, 4) is 6.07 Å². The fourth-order valence-electron chi connectivity index (χ4n) is 2.17. The first-order valence-electron chi connectivity index (χ1n) is 6.06. The van der Waals surface area contributed by atoms with Gasteiger partial charge in [0, 0.05) is 44.1 Å². The number of nitrogens with zero attached hydrogens (tertiary/aromatic N) is 4. The molecule has 17 heavy (non-hydrogen) atoms. The topological polar surface area (TPSA) is 43.2 Å². The molecule has 1 fully saturated rings. The minimum atomic E-state index is 0.494. The Morgan fingerprint density at radius 1 is 1.29 bits per heavy atom. The summed E-state index contributed by atoms with van der Waals surface area (Å²) in [6.45, 7) is 8.68. The predicted molar refractivity (Wildman–Crippen MR) is 67.9 cm³/mol. The van der Waals surface area contributed by atoms with Crippen LogP contribution in [0.4, 0.5) is 5.69 Å². The summed E-state index contributed by atoms with van der Waals surface area (Å²) in [7, 11) is 0. The Hall–Kier alpha value is -1.60. The molecule has 1 aromatic heterocycles. The number of aromatic nitrogens is 1. The summed E-state index contributed by atoms with van der Waals surface area (Å²) >= 11 is 0. The predicted octanol–water partition coefficient (Wildman–Crippen LogP) is 1.48. The zero-order valence-corrected chi connectivity index (χ0v) is 10.4. The first-order chi connectivity index (χ1) is 8.20. The number of nitriles is 1. The van der Waals surface area contributed by atoms with Crippen LogP contribution in [0.2, 0.25) is 0 Å². The van der Waals surface area contributed by atoms with Gasteiger partial charge in [-0.1, -0.05) is 0 Å². The van der Waals surface area contributed by atoms with Gasteiger partial charge in [-0.2, -0.15) is 5.26 Å². The molecule has 0 atom stereocenters. The Morgan fingerprint density at radius 3 is 2.59 bits per heavy atom. The van der Waals surface area contributed by atoms with Crippen LogP contribution >= 0.6 is 0 Å². The number of hydrogen-bond acceptors (Lipinski definition) is 4. The van der Waals surface area contributed by atoms with E-state index < -0.39 is 0 Å². The molecule has 4 heteroatoms. The molecule has 0 aliphatic carbocycles. The van der Waals surface area contributed by atoms with Crippen molar-refractivity contribution in [1.82, 2.24) is 9.88 Å². The Morgan fingerprint density at radius 2 is 2.00 bits per heavy atom. The van der Waals surface area contributed by atoms with Crippen LogP contribution in [0.25, 0.3) is 0 Å². The summed E-state index contributed by atoms with van der Waals surface area (Å²) in [4.78, 5) is 8.79. The van der Waals surface area contributed by atoms with E-state index in [4.69, 9.17) is 5.26 Å². The highest BCUT2D eigenvalue weighted by atomic mass is 15.3. The lowest BCUT2D eigenvalue weighted by Gasteiger charge is -2.38. The van der Waals surface area contributed by atoms with E-state index in [-0.39, 0.29) is 0 Å². The quantitative estimate of drug-likeness (QED) is 0.772. The number of pyridine rings is 1. The monoisotopic (exact) mass is 230 g/mol. The zero-order chi connectivity index (χ0) is 12.3. The van der Waals surface area contributed by atoms with Gasteiger partial charge in [-0.05, 0) is 26.0 Å². The molecule has 1 aliphatic rings. The highest BCUT2D eigenvalue weighted by molar-refractivity contribution is 5.49. The fraction of sp³-hybridized carbons (Fsp3) is 0.538. The van der Waals surface area contributed by atoms with E-state index in [1.54, 1.807) is 6.20 Å². The highest BCUT2D eigenvalue weighted by Gasteiger charge is 2.19. The van der Waals surface area contributed by atoms with Crippen molar-refractivity contribution in [2.45, 2.75) is 19.9 Å². The minimum absolute atomic E-state index is 0.494. The van der Waals surface area contributed by atoms with Gasteiger partial charge in [0.25, 0.3) is 0 Å². The van der Waals surface area contributed by atoms with Crippen LogP contribution < -0.4 is 4.90 Å². The van der Waals surface area contributed by atoms with Crippen molar-refractivity contribution in [3.05, 3.63) is 24.0 Å². The maximum atomic E-state index is 8.84. The molecule has 1 saturated heterocycles. The largest absolute Gasteiger partial charge is 0.369 e. The molecule has 0 N–H and O–H groups in total. The number of rotatable bonds is 2. The Labute approximate surface area is 102 Å². The summed E-state index contributed by atoms with van der Waals surface area (Å²) < 4.78 is 0. The highest BCUT2D eigenvalue weighted by Crippen LogP contribution is 2.17. The lowest BCUT2D eigenvalue weighted by Crippen LogP contribution is -2.48. The third-order valence-electron chi connectivity index (χ3n) is 3.27. The minimum Gasteiger partial charge on any atom is -0.369 e. The fourth-order valence-corrected chi connectivity index (χ4v) is 2.17. The molecule has 0 amide bonds. The van der Waals surface area contributed by atoms with E-state index in [9.17, 15) is 0 Å². The summed E-state index contributed by atoms with van der Waals surface area (Å²) in [5.41, 5.74) is 1.61. The maximum absolute atomic E-state index is 8.84. The van der Waals surface area contributed by atoms with Crippen LogP contribution in [0.1, 0.15) is 19.5 Å². The molecule has 0 unspecified atom stereocenters.